The van der Waals surface area contributed by atoms with Crippen molar-refractivity contribution in [3.05, 3.63) is 18.7 Å². The van der Waals surface area contributed by atoms with E-state index in [4.69, 9.17) is 4.74 Å². The first-order valence-electron chi connectivity index (χ1n) is 9.25. The molecule has 0 saturated carbocycles. The number of nitrogens with zero attached hydrogens (tertiary/aromatic N) is 4. The van der Waals surface area contributed by atoms with E-state index in [0.717, 1.165) is 32.1 Å². The predicted molar refractivity (Wildman–Crippen MR) is 92.5 cm³/mol. The Bertz CT molecular complexity index is 432. The highest BCUT2D eigenvalue weighted by atomic mass is 16.5. The van der Waals surface area contributed by atoms with Crippen LogP contribution in [0.25, 0.3) is 0 Å². The second-order valence-corrected chi connectivity index (χ2v) is 7.39. The molecule has 2 saturated heterocycles. The number of likely N-dealkylation sites (tertiary alicyclic amines) is 1. The molecular weight excluding hydrogens is 288 g/mol. The molecule has 0 N–H and O–H groups in total. The molecule has 0 unspecified atom stereocenters. The smallest absolute Gasteiger partial charge is 0.0946 e. The molecule has 130 valence electrons. The van der Waals surface area contributed by atoms with Crippen LogP contribution in [-0.4, -0.2) is 70.8 Å². The van der Waals surface area contributed by atoms with Gasteiger partial charge in [-0.05, 0) is 58.7 Å². The van der Waals surface area contributed by atoms with Gasteiger partial charge in [-0.2, -0.15) is 0 Å². The number of ether oxygens (including phenoxy) is 1. The van der Waals surface area contributed by atoms with E-state index in [0.29, 0.717) is 12.2 Å². The summed E-state index contributed by atoms with van der Waals surface area (Å²) in [6.45, 7) is 12.6. The first kappa shape index (κ1) is 16.9. The van der Waals surface area contributed by atoms with E-state index < -0.39 is 0 Å². The van der Waals surface area contributed by atoms with Crippen LogP contribution < -0.4 is 0 Å². The third kappa shape index (κ3) is 5.30. The molecule has 1 aromatic rings. The van der Waals surface area contributed by atoms with Crippen LogP contribution in [0.4, 0.5) is 0 Å². The zero-order valence-corrected chi connectivity index (χ0v) is 14.7. The molecule has 0 aromatic carbocycles. The summed E-state index contributed by atoms with van der Waals surface area (Å²) in [6.07, 6.45) is 10.7. The average molecular weight is 320 g/mol. The number of hydrogen-bond donors (Lipinski definition) is 0. The van der Waals surface area contributed by atoms with Gasteiger partial charge in [0.25, 0.3) is 0 Å². The molecule has 1 aromatic heterocycles. The summed E-state index contributed by atoms with van der Waals surface area (Å²) in [7, 11) is 0. The molecule has 0 radical (unpaired) electrons. The topological polar surface area (TPSA) is 33.5 Å². The fourth-order valence-electron chi connectivity index (χ4n) is 4.01. The lowest BCUT2D eigenvalue weighted by Crippen LogP contribution is -2.46. The van der Waals surface area contributed by atoms with Gasteiger partial charge in [0, 0.05) is 38.6 Å². The molecule has 2 aliphatic rings. The number of aromatic nitrogens is 2. The molecule has 0 amide bonds. The number of hydrogen-bond acceptors (Lipinski definition) is 4. The van der Waals surface area contributed by atoms with Crippen LogP contribution in [0.15, 0.2) is 18.7 Å². The molecule has 2 aliphatic heterocycles. The van der Waals surface area contributed by atoms with E-state index in [-0.39, 0.29) is 0 Å². The Hall–Kier alpha value is -0.910. The maximum atomic E-state index is 5.83. The molecule has 23 heavy (non-hydrogen) atoms. The van der Waals surface area contributed by atoms with Gasteiger partial charge in [-0.25, -0.2) is 4.98 Å². The largest absolute Gasteiger partial charge is 0.373 e. The Kier molecular flexibility index (Phi) is 6.08. The highest BCUT2D eigenvalue weighted by Crippen LogP contribution is 2.22. The van der Waals surface area contributed by atoms with Gasteiger partial charge in [-0.1, -0.05) is 0 Å². The fourth-order valence-corrected chi connectivity index (χ4v) is 4.01. The molecule has 5 nitrogen and oxygen atoms in total. The maximum Gasteiger partial charge on any atom is 0.0946 e. The summed E-state index contributed by atoms with van der Waals surface area (Å²) >= 11 is 0. The van der Waals surface area contributed by atoms with Crippen molar-refractivity contribution >= 4 is 0 Å². The van der Waals surface area contributed by atoms with Crippen molar-refractivity contribution in [3.8, 4) is 0 Å². The Morgan fingerprint density at radius 3 is 2.39 bits per heavy atom. The van der Waals surface area contributed by atoms with Gasteiger partial charge in [0.2, 0.25) is 0 Å². The van der Waals surface area contributed by atoms with Crippen LogP contribution in [0.2, 0.25) is 0 Å². The van der Waals surface area contributed by atoms with Crippen LogP contribution in [-0.2, 0) is 11.3 Å². The van der Waals surface area contributed by atoms with Crippen molar-refractivity contribution in [2.24, 2.45) is 5.92 Å². The van der Waals surface area contributed by atoms with Gasteiger partial charge in [0.05, 0.1) is 18.5 Å². The summed E-state index contributed by atoms with van der Waals surface area (Å²) in [6, 6.07) is 0. The minimum atomic E-state index is 0.392. The maximum absolute atomic E-state index is 5.83. The molecule has 2 fully saturated rings. The van der Waals surface area contributed by atoms with E-state index in [1.54, 1.807) is 0 Å². The SMILES string of the molecule is C[C@@H]1CN(CCC2CCN(CCn3ccnc3)CC2)C[C@H](C)O1. The monoisotopic (exact) mass is 320 g/mol. The Morgan fingerprint density at radius 2 is 1.74 bits per heavy atom. The normalized spacial score (nSPS) is 28.3. The lowest BCUT2D eigenvalue weighted by molar-refractivity contribution is -0.0693. The fraction of sp³-hybridized carbons (Fsp3) is 0.833. The number of morpholine rings is 1. The first-order valence-corrected chi connectivity index (χ1v) is 9.25. The number of piperidine rings is 1. The summed E-state index contributed by atoms with van der Waals surface area (Å²) in [5, 5.41) is 0. The molecule has 0 bridgehead atoms. The predicted octanol–water partition coefficient (Wildman–Crippen LogP) is 2.09. The van der Waals surface area contributed by atoms with Crippen molar-refractivity contribution in [1.29, 1.82) is 0 Å². The van der Waals surface area contributed by atoms with Gasteiger partial charge in [-0.15, -0.1) is 0 Å². The van der Waals surface area contributed by atoms with Crippen molar-refractivity contribution < 1.29 is 4.74 Å². The van der Waals surface area contributed by atoms with Gasteiger partial charge < -0.3 is 14.2 Å². The van der Waals surface area contributed by atoms with Crippen LogP contribution in [0.3, 0.4) is 0 Å². The first-order chi connectivity index (χ1) is 11.2. The van der Waals surface area contributed by atoms with Gasteiger partial charge in [0.1, 0.15) is 0 Å². The molecule has 3 rings (SSSR count). The zero-order chi connectivity index (χ0) is 16.1. The molecule has 0 aliphatic carbocycles. The van der Waals surface area contributed by atoms with E-state index in [1.165, 1.54) is 38.9 Å². The number of imidazole rings is 1. The molecule has 2 atom stereocenters. The van der Waals surface area contributed by atoms with Crippen molar-refractivity contribution in [2.45, 2.75) is 51.9 Å². The third-order valence-electron chi connectivity index (χ3n) is 5.29. The zero-order valence-electron chi connectivity index (χ0n) is 14.7. The summed E-state index contributed by atoms with van der Waals surface area (Å²) in [4.78, 5) is 9.32. The molecular formula is C18H32N4O. The Labute approximate surface area is 140 Å². The standard InChI is InChI=1S/C18H32N4O/c1-16-13-22(14-17(2)23-16)9-5-18-3-7-20(8-4-18)11-12-21-10-6-19-15-21/h6,10,15-18H,3-5,7-9,11-14H2,1-2H3/t16-,17+. The van der Waals surface area contributed by atoms with Crippen LogP contribution in [0.1, 0.15) is 33.1 Å². The number of rotatable bonds is 6. The summed E-state index contributed by atoms with van der Waals surface area (Å²) in [5.41, 5.74) is 0. The van der Waals surface area contributed by atoms with Crippen LogP contribution >= 0.6 is 0 Å². The summed E-state index contributed by atoms with van der Waals surface area (Å²) < 4.78 is 8.00. The molecule has 5 heteroatoms. The summed E-state index contributed by atoms with van der Waals surface area (Å²) in [5.74, 6) is 0.910. The van der Waals surface area contributed by atoms with Gasteiger partial charge in [-0.3, -0.25) is 4.90 Å². The third-order valence-corrected chi connectivity index (χ3v) is 5.29. The second kappa shape index (κ2) is 8.27. The van der Waals surface area contributed by atoms with Crippen molar-refractivity contribution in [2.75, 3.05) is 39.3 Å². The molecule has 3 heterocycles. The second-order valence-electron chi connectivity index (χ2n) is 7.39. The van der Waals surface area contributed by atoms with Crippen LogP contribution in [0, 0.1) is 5.92 Å². The van der Waals surface area contributed by atoms with Crippen molar-refractivity contribution in [1.82, 2.24) is 19.4 Å². The highest BCUT2D eigenvalue weighted by molar-refractivity contribution is 4.78. The quantitative estimate of drug-likeness (QED) is 0.804. The van der Waals surface area contributed by atoms with Gasteiger partial charge in [0.15, 0.2) is 0 Å². The van der Waals surface area contributed by atoms with E-state index in [2.05, 4.69) is 39.4 Å². The van der Waals surface area contributed by atoms with E-state index >= 15 is 0 Å². The van der Waals surface area contributed by atoms with E-state index in [9.17, 15) is 0 Å². The lowest BCUT2D eigenvalue weighted by atomic mass is 9.93. The minimum Gasteiger partial charge on any atom is -0.373 e. The van der Waals surface area contributed by atoms with Gasteiger partial charge >= 0.3 is 0 Å². The van der Waals surface area contributed by atoms with Crippen LogP contribution in [0.5, 0.6) is 0 Å². The molecule has 0 spiro atoms. The lowest BCUT2D eigenvalue weighted by Gasteiger charge is -2.37. The Morgan fingerprint density at radius 1 is 1.00 bits per heavy atom. The highest BCUT2D eigenvalue weighted by Gasteiger charge is 2.24. The average Bonchev–Trinajstić information content (AvgIpc) is 3.04. The minimum absolute atomic E-state index is 0.392. The van der Waals surface area contributed by atoms with Crippen molar-refractivity contribution in [3.63, 3.8) is 0 Å². The Balaban J connectivity index is 1.31. The van der Waals surface area contributed by atoms with E-state index in [1.807, 2.05) is 12.5 Å².